The molecule has 0 spiro atoms. The van der Waals surface area contributed by atoms with Crippen LogP contribution in [-0.2, 0) is 16.0 Å². The minimum absolute atomic E-state index is 0.306. The van der Waals surface area contributed by atoms with E-state index >= 15 is 0 Å². The van der Waals surface area contributed by atoms with E-state index in [1.54, 1.807) is 13.0 Å². The molecule has 0 aliphatic heterocycles. The van der Waals surface area contributed by atoms with Crippen molar-refractivity contribution in [3.8, 4) is 0 Å². The van der Waals surface area contributed by atoms with Crippen LogP contribution in [0.5, 0.6) is 0 Å². The molecule has 4 heteroatoms. The largest absolute Gasteiger partial charge is 0.462 e. The summed E-state index contributed by atoms with van der Waals surface area (Å²) in [7, 11) is 0. The van der Waals surface area contributed by atoms with Crippen LogP contribution in [0.1, 0.15) is 29.3 Å². The Morgan fingerprint density at radius 1 is 1.50 bits per heavy atom. The molecule has 0 aliphatic carbocycles. The van der Waals surface area contributed by atoms with Crippen LogP contribution < -0.4 is 0 Å². The first-order valence-corrected chi connectivity index (χ1v) is 6.16. The van der Waals surface area contributed by atoms with Gasteiger partial charge in [0.2, 0.25) is 0 Å². The Labute approximate surface area is 108 Å². The first kappa shape index (κ1) is 13.2. The highest BCUT2D eigenvalue weighted by Gasteiger charge is 2.13. The highest BCUT2D eigenvalue weighted by Crippen LogP contribution is 2.19. The molecule has 86 valence electrons. The molecule has 1 aromatic rings. The third-order valence-electron chi connectivity index (χ3n) is 2.11. The molecule has 3 nitrogen and oxygen atoms in total. The van der Waals surface area contributed by atoms with Crippen molar-refractivity contribution in [2.45, 2.75) is 19.8 Å². The Hall–Kier alpha value is -0.910. The summed E-state index contributed by atoms with van der Waals surface area (Å²) in [5.41, 5.74) is 1.59. The lowest BCUT2D eigenvalue weighted by Crippen LogP contribution is -2.08. The van der Waals surface area contributed by atoms with E-state index in [2.05, 4.69) is 22.6 Å². The van der Waals surface area contributed by atoms with Crippen LogP contribution in [0.4, 0.5) is 0 Å². The third kappa shape index (κ3) is 3.30. The molecule has 0 saturated heterocycles. The van der Waals surface area contributed by atoms with Gasteiger partial charge < -0.3 is 9.53 Å². The second-order valence-corrected chi connectivity index (χ2v) is 4.28. The number of carbonyl (C=O) groups excluding carboxylic acids is 2. The van der Waals surface area contributed by atoms with E-state index in [-0.39, 0.29) is 5.97 Å². The number of carbonyl (C=O) groups is 2. The van der Waals surface area contributed by atoms with E-state index in [1.807, 2.05) is 12.1 Å². The lowest BCUT2D eigenvalue weighted by molar-refractivity contribution is -0.107. The maximum absolute atomic E-state index is 11.6. The van der Waals surface area contributed by atoms with Crippen molar-refractivity contribution in [2.75, 3.05) is 6.61 Å². The summed E-state index contributed by atoms with van der Waals surface area (Å²) in [5.74, 6) is -0.306. The SMILES string of the molecule is CCOC(=O)c1cccc(CCC=O)c1I. The zero-order chi connectivity index (χ0) is 12.0. The van der Waals surface area contributed by atoms with E-state index in [0.717, 1.165) is 15.4 Å². The number of halogens is 1. The molecule has 0 aromatic heterocycles. The Kier molecular flexibility index (Phi) is 5.45. The van der Waals surface area contributed by atoms with Gasteiger partial charge in [-0.25, -0.2) is 4.79 Å². The number of aldehydes is 1. The molecule has 1 rings (SSSR count). The molecule has 0 amide bonds. The molecule has 0 N–H and O–H groups in total. The van der Waals surface area contributed by atoms with Crippen LogP contribution in [0.15, 0.2) is 18.2 Å². The minimum atomic E-state index is -0.306. The molecule has 0 aliphatic rings. The fourth-order valence-corrected chi connectivity index (χ4v) is 2.20. The summed E-state index contributed by atoms with van der Waals surface area (Å²) in [4.78, 5) is 21.9. The molecule has 1 aromatic carbocycles. The van der Waals surface area contributed by atoms with Crippen molar-refractivity contribution in [2.24, 2.45) is 0 Å². The molecule has 0 heterocycles. The van der Waals surface area contributed by atoms with Gasteiger partial charge in [-0.2, -0.15) is 0 Å². The highest BCUT2D eigenvalue weighted by atomic mass is 127. The Morgan fingerprint density at radius 2 is 2.25 bits per heavy atom. The average molecular weight is 332 g/mol. The second kappa shape index (κ2) is 6.62. The van der Waals surface area contributed by atoms with E-state index in [0.29, 0.717) is 25.0 Å². The molecule has 0 atom stereocenters. The zero-order valence-corrected chi connectivity index (χ0v) is 11.2. The lowest BCUT2D eigenvalue weighted by atomic mass is 10.1. The first-order chi connectivity index (χ1) is 7.70. The molecule has 0 radical (unpaired) electrons. The molecule has 0 unspecified atom stereocenters. The van der Waals surface area contributed by atoms with E-state index in [4.69, 9.17) is 4.74 Å². The fraction of sp³-hybridized carbons (Fsp3) is 0.333. The van der Waals surface area contributed by atoms with Crippen molar-refractivity contribution in [3.05, 3.63) is 32.9 Å². The van der Waals surface area contributed by atoms with Crippen LogP contribution in [0.2, 0.25) is 0 Å². The Bertz CT molecular complexity index is 388. The highest BCUT2D eigenvalue weighted by molar-refractivity contribution is 14.1. The third-order valence-corrected chi connectivity index (χ3v) is 3.38. The predicted molar refractivity (Wildman–Crippen MR) is 69.5 cm³/mol. The van der Waals surface area contributed by atoms with E-state index < -0.39 is 0 Å². The molecule has 16 heavy (non-hydrogen) atoms. The molecule has 0 saturated carbocycles. The standard InChI is InChI=1S/C12H13IO3/c1-2-16-12(15)10-7-3-5-9(11(10)13)6-4-8-14/h3,5,7-8H,2,4,6H2,1H3. The predicted octanol–water partition coefficient (Wildman–Crippen LogP) is 2.60. The quantitative estimate of drug-likeness (QED) is 0.473. The molecule has 0 fully saturated rings. The van der Waals surface area contributed by atoms with Gasteiger partial charge in [-0.15, -0.1) is 0 Å². The van der Waals surface area contributed by atoms with Crippen LogP contribution in [0, 0.1) is 3.57 Å². The maximum Gasteiger partial charge on any atom is 0.339 e. The van der Waals surface area contributed by atoms with Crippen molar-refractivity contribution in [3.63, 3.8) is 0 Å². The maximum atomic E-state index is 11.6. The van der Waals surface area contributed by atoms with Gasteiger partial charge in [0, 0.05) is 9.99 Å². The fourth-order valence-electron chi connectivity index (χ4n) is 1.35. The summed E-state index contributed by atoms with van der Waals surface area (Å²) in [6, 6.07) is 5.48. The van der Waals surface area contributed by atoms with Crippen molar-refractivity contribution < 1.29 is 14.3 Å². The second-order valence-electron chi connectivity index (χ2n) is 3.20. The normalized spacial score (nSPS) is 9.88. The Balaban J connectivity index is 2.93. The van der Waals surface area contributed by atoms with Crippen LogP contribution in [0.25, 0.3) is 0 Å². The summed E-state index contributed by atoms with van der Waals surface area (Å²) in [6.45, 7) is 2.15. The van der Waals surface area contributed by atoms with Crippen molar-refractivity contribution in [1.29, 1.82) is 0 Å². The summed E-state index contributed by atoms with van der Waals surface area (Å²) >= 11 is 2.12. The summed E-state index contributed by atoms with van der Waals surface area (Å²) in [6.07, 6.45) is 2.02. The molecular formula is C12H13IO3. The zero-order valence-electron chi connectivity index (χ0n) is 9.03. The summed E-state index contributed by atoms with van der Waals surface area (Å²) in [5, 5.41) is 0. The average Bonchev–Trinajstić information content (AvgIpc) is 2.28. The Morgan fingerprint density at radius 3 is 2.88 bits per heavy atom. The van der Waals surface area contributed by atoms with Gasteiger partial charge in [0.05, 0.1) is 12.2 Å². The van der Waals surface area contributed by atoms with Gasteiger partial charge >= 0.3 is 5.97 Å². The smallest absolute Gasteiger partial charge is 0.339 e. The first-order valence-electron chi connectivity index (χ1n) is 5.08. The van der Waals surface area contributed by atoms with Gasteiger partial charge in [0.15, 0.2) is 0 Å². The monoisotopic (exact) mass is 332 g/mol. The van der Waals surface area contributed by atoms with Gasteiger partial charge in [-0.1, -0.05) is 12.1 Å². The summed E-state index contributed by atoms with van der Waals surface area (Å²) < 4.78 is 5.83. The van der Waals surface area contributed by atoms with Gasteiger partial charge in [-0.3, -0.25) is 0 Å². The number of esters is 1. The van der Waals surface area contributed by atoms with Crippen LogP contribution in [0.3, 0.4) is 0 Å². The topological polar surface area (TPSA) is 43.4 Å². The van der Waals surface area contributed by atoms with Crippen molar-refractivity contribution in [1.82, 2.24) is 0 Å². The van der Waals surface area contributed by atoms with Gasteiger partial charge in [0.25, 0.3) is 0 Å². The van der Waals surface area contributed by atoms with Crippen LogP contribution in [-0.4, -0.2) is 18.9 Å². The van der Waals surface area contributed by atoms with E-state index in [1.165, 1.54) is 0 Å². The molecule has 0 bridgehead atoms. The number of rotatable bonds is 5. The van der Waals surface area contributed by atoms with Crippen molar-refractivity contribution >= 4 is 34.8 Å². The number of hydrogen-bond acceptors (Lipinski definition) is 3. The van der Waals surface area contributed by atoms with Crippen LogP contribution >= 0.6 is 22.6 Å². The number of benzene rings is 1. The lowest BCUT2D eigenvalue weighted by Gasteiger charge is -2.08. The molecular weight excluding hydrogens is 319 g/mol. The minimum Gasteiger partial charge on any atom is -0.462 e. The van der Waals surface area contributed by atoms with Gasteiger partial charge in [0.1, 0.15) is 6.29 Å². The van der Waals surface area contributed by atoms with Gasteiger partial charge in [-0.05, 0) is 47.6 Å². The number of ether oxygens (including phenoxy) is 1. The number of aryl methyl sites for hydroxylation is 1. The van der Waals surface area contributed by atoms with E-state index in [9.17, 15) is 9.59 Å². The number of hydrogen-bond donors (Lipinski definition) is 0.